The van der Waals surface area contributed by atoms with Gasteiger partial charge in [0, 0.05) is 13.7 Å². The van der Waals surface area contributed by atoms with Crippen LogP contribution in [0.15, 0.2) is 0 Å². The molecule has 0 rings (SSSR count). The Bertz CT molecular complexity index is 58.1. The third-order valence-electron chi connectivity index (χ3n) is 0.512. The van der Waals surface area contributed by atoms with Crippen LogP contribution in [0.3, 0.4) is 0 Å². The van der Waals surface area contributed by atoms with Gasteiger partial charge in [0.15, 0.2) is 0 Å². The smallest absolute Gasteiger partial charge is 0.126 e. The monoisotopic (exact) mass is 182 g/mol. The molecule has 0 radical (unpaired) electrons. The number of ketones is 1. The molecular formula is C8H22O4. The summed E-state index contributed by atoms with van der Waals surface area (Å²) in [6, 6.07) is 0. The molecule has 12 heavy (non-hydrogen) atoms. The summed E-state index contributed by atoms with van der Waals surface area (Å²) in [5.41, 5.74) is 0. The second kappa shape index (κ2) is 31.2. The van der Waals surface area contributed by atoms with Crippen molar-refractivity contribution < 1.29 is 20.5 Å². The Morgan fingerprint density at radius 1 is 1.25 bits per heavy atom. The van der Waals surface area contributed by atoms with Gasteiger partial charge in [-0.3, -0.25) is 0 Å². The van der Waals surface area contributed by atoms with E-state index in [1.54, 1.807) is 0 Å². The predicted molar refractivity (Wildman–Crippen MR) is 50.1 cm³/mol. The molecule has 0 saturated heterocycles. The highest BCUT2D eigenvalue weighted by Crippen LogP contribution is 1.78. The largest absolute Gasteiger partial charge is 0.412 e. The zero-order valence-electron chi connectivity index (χ0n) is 8.42. The molecule has 0 aliphatic rings. The Balaban J connectivity index is -0.0000000419. The molecule has 4 N–H and O–H groups in total. The fourth-order valence-corrected chi connectivity index (χ4v) is 0.158. The van der Waals surface area contributed by atoms with E-state index in [-0.39, 0.29) is 11.3 Å². The van der Waals surface area contributed by atoms with Crippen LogP contribution in [-0.4, -0.2) is 35.2 Å². The number of aliphatic hydroxyl groups is 2. The van der Waals surface area contributed by atoms with Gasteiger partial charge in [-0.05, 0) is 20.3 Å². The van der Waals surface area contributed by atoms with Crippen LogP contribution in [0.2, 0.25) is 0 Å². The van der Waals surface area contributed by atoms with Gasteiger partial charge in [-0.2, -0.15) is 0 Å². The fraction of sp³-hybridized carbons (Fsp3) is 0.875. The molecule has 4 heteroatoms. The molecule has 0 bridgehead atoms. The molecule has 0 heterocycles. The summed E-state index contributed by atoms with van der Waals surface area (Å²) in [6.07, 6.45) is 2.04. The summed E-state index contributed by atoms with van der Waals surface area (Å²) in [6.45, 7) is 5.45. The van der Waals surface area contributed by atoms with Crippen molar-refractivity contribution >= 4 is 5.78 Å². The van der Waals surface area contributed by atoms with Gasteiger partial charge in [0.1, 0.15) is 5.78 Å². The topological polar surface area (TPSA) is 89.0 Å². The third-order valence-corrected chi connectivity index (χ3v) is 0.512. The van der Waals surface area contributed by atoms with Gasteiger partial charge in [-0.25, -0.2) is 0 Å². The fourth-order valence-electron chi connectivity index (χ4n) is 0.158. The van der Waals surface area contributed by atoms with E-state index in [1.165, 1.54) is 13.8 Å². The number of hydrogen-bond donors (Lipinski definition) is 2. The minimum absolute atomic E-state index is 0. The highest BCUT2D eigenvalue weighted by atomic mass is 16.3. The Labute approximate surface area is 74.5 Å². The number of hydrogen-bond acceptors (Lipinski definition) is 3. The summed E-state index contributed by atoms with van der Waals surface area (Å²) in [5, 5.41) is 15.1. The maximum Gasteiger partial charge on any atom is 0.126 e. The minimum Gasteiger partial charge on any atom is -0.412 e. The molecule has 0 aliphatic carbocycles. The van der Waals surface area contributed by atoms with Crippen molar-refractivity contribution in [2.24, 2.45) is 0 Å². The molecule has 0 aromatic heterocycles. The normalized spacial score (nSPS) is 6.17. The van der Waals surface area contributed by atoms with Crippen LogP contribution >= 0.6 is 0 Å². The van der Waals surface area contributed by atoms with Crippen LogP contribution in [0.1, 0.15) is 33.6 Å². The number of carbonyl (C=O) groups is 1. The van der Waals surface area contributed by atoms with E-state index in [9.17, 15) is 4.79 Å². The second-order valence-electron chi connectivity index (χ2n) is 1.99. The summed E-state index contributed by atoms with van der Waals surface area (Å²) in [7, 11) is 1.00. The zero-order chi connectivity index (χ0) is 9.70. The van der Waals surface area contributed by atoms with E-state index < -0.39 is 0 Å². The Hall–Kier alpha value is -0.450. The van der Waals surface area contributed by atoms with Crippen molar-refractivity contribution in [3.63, 3.8) is 0 Å². The molecule has 4 nitrogen and oxygen atoms in total. The average Bonchev–Trinajstić information content (AvgIpc) is 1.93. The Kier molecular flexibility index (Phi) is 58.7. The first-order valence-electron chi connectivity index (χ1n) is 3.67. The number of aliphatic hydroxyl groups excluding tert-OH is 2. The van der Waals surface area contributed by atoms with E-state index in [1.807, 2.05) is 0 Å². The first-order chi connectivity index (χ1) is 5.15. The van der Waals surface area contributed by atoms with Crippen molar-refractivity contribution in [1.29, 1.82) is 0 Å². The zero-order valence-corrected chi connectivity index (χ0v) is 8.42. The van der Waals surface area contributed by atoms with Gasteiger partial charge in [-0.1, -0.05) is 13.3 Å². The van der Waals surface area contributed by atoms with Crippen LogP contribution in [0.4, 0.5) is 0 Å². The van der Waals surface area contributed by atoms with Gasteiger partial charge in [-0.15, -0.1) is 0 Å². The minimum atomic E-state index is 0. The van der Waals surface area contributed by atoms with E-state index >= 15 is 0 Å². The lowest BCUT2D eigenvalue weighted by molar-refractivity contribution is -0.114. The maximum atomic E-state index is 9.44. The van der Waals surface area contributed by atoms with E-state index in [2.05, 4.69) is 6.92 Å². The van der Waals surface area contributed by atoms with Crippen molar-refractivity contribution in [3.8, 4) is 0 Å². The number of rotatable bonds is 2. The molecule has 0 aromatic rings. The van der Waals surface area contributed by atoms with Gasteiger partial charge >= 0.3 is 0 Å². The molecule has 0 aliphatic heterocycles. The highest BCUT2D eigenvalue weighted by Gasteiger charge is 1.69. The van der Waals surface area contributed by atoms with Gasteiger partial charge in [0.25, 0.3) is 0 Å². The standard InChI is InChI=1S/C4H10O.C3H6O.CH4O.H2O/c1-2-3-4-5;1-3(2)4;1-2;/h5H,2-4H2,1H3;1-2H3;2H,1H3;1H2. The molecule has 78 valence electrons. The molecular weight excluding hydrogens is 160 g/mol. The van der Waals surface area contributed by atoms with Gasteiger partial charge in [0.2, 0.25) is 0 Å². The lowest BCUT2D eigenvalue weighted by atomic mass is 10.4. The van der Waals surface area contributed by atoms with Crippen molar-refractivity contribution in [2.75, 3.05) is 13.7 Å². The third kappa shape index (κ3) is 291. The van der Waals surface area contributed by atoms with Gasteiger partial charge in [0.05, 0.1) is 0 Å². The van der Waals surface area contributed by atoms with E-state index in [4.69, 9.17) is 10.2 Å². The first-order valence-corrected chi connectivity index (χ1v) is 3.67. The van der Waals surface area contributed by atoms with Crippen molar-refractivity contribution in [1.82, 2.24) is 0 Å². The van der Waals surface area contributed by atoms with Crippen LogP contribution in [0, 0.1) is 0 Å². The molecule has 0 amide bonds. The molecule has 0 spiro atoms. The maximum absolute atomic E-state index is 9.44. The van der Waals surface area contributed by atoms with Crippen LogP contribution in [0.5, 0.6) is 0 Å². The predicted octanol–water partition coefficient (Wildman–Crippen LogP) is 0.158. The highest BCUT2D eigenvalue weighted by molar-refractivity contribution is 5.72. The quantitative estimate of drug-likeness (QED) is 0.637. The summed E-state index contributed by atoms with van der Waals surface area (Å²) >= 11 is 0. The van der Waals surface area contributed by atoms with Crippen LogP contribution < -0.4 is 0 Å². The molecule has 0 unspecified atom stereocenters. The van der Waals surface area contributed by atoms with Gasteiger partial charge < -0.3 is 20.5 Å². The van der Waals surface area contributed by atoms with Crippen LogP contribution in [0.25, 0.3) is 0 Å². The summed E-state index contributed by atoms with van der Waals surface area (Å²) in [5.74, 6) is 0.167. The second-order valence-corrected chi connectivity index (χ2v) is 1.99. The Morgan fingerprint density at radius 3 is 1.50 bits per heavy atom. The number of unbranched alkanes of at least 4 members (excludes halogenated alkanes) is 1. The number of carbonyl (C=O) groups excluding carboxylic acids is 1. The molecule has 0 saturated carbocycles. The lowest BCUT2D eigenvalue weighted by Crippen LogP contribution is -1.75. The molecule has 0 fully saturated rings. The first kappa shape index (κ1) is 22.6. The molecule has 0 atom stereocenters. The van der Waals surface area contributed by atoms with E-state index in [0.717, 1.165) is 20.0 Å². The number of Topliss-reactive ketones (excluding diaryl/α,β-unsaturated/α-hetero) is 1. The summed E-state index contributed by atoms with van der Waals surface area (Å²) < 4.78 is 0. The molecule has 0 aromatic carbocycles. The van der Waals surface area contributed by atoms with Crippen molar-refractivity contribution in [2.45, 2.75) is 33.6 Å². The average molecular weight is 182 g/mol. The van der Waals surface area contributed by atoms with Crippen LogP contribution in [-0.2, 0) is 4.79 Å². The summed E-state index contributed by atoms with van der Waals surface area (Å²) in [4.78, 5) is 9.44. The SMILES string of the molecule is CC(C)=O.CCCCO.CO.O. The van der Waals surface area contributed by atoms with Crippen molar-refractivity contribution in [3.05, 3.63) is 0 Å². The Morgan fingerprint density at radius 2 is 1.50 bits per heavy atom. The van der Waals surface area contributed by atoms with E-state index in [0.29, 0.717) is 6.61 Å². The lowest BCUT2D eigenvalue weighted by Gasteiger charge is -1.79.